The van der Waals surface area contributed by atoms with Crippen molar-refractivity contribution in [3.05, 3.63) is 23.3 Å². The first-order chi connectivity index (χ1) is 8.49. The van der Waals surface area contributed by atoms with Crippen LogP contribution in [0.25, 0.3) is 0 Å². The Bertz CT molecular complexity index is 355. The van der Waals surface area contributed by atoms with Crippen LogP contribution in [0.3, 0.4) is 0 Å². The molecule has 0 fully saturated rings. The summed E-state index contributed by atoms with van der Waals surface area (Å²) in [4.78, 5) is 10.9. The van der Waals surface area contributed by atoms with Gasteiger partial charge in [-0.05, 0) is 36.2 Å². The zero-order valence-electron chi connectivity index (χ0n) is 11.0. The van der Waals surface area contributed by atoms with E-state index in [2.05, 4.69) is 13.8 Å². The molecule has 0 unspecified atom stereocenters. The molecule has 0 saturated heterocycles. The molecule has 0 amide bonds. The largest absolute Gasteiger partial charge is 0.478 e. The Hall–Kier alpha value is -1.13. The second-order valence-electron chi connectivity index (χ2n) is 5.16. The van der Waals surface area contributed by atoms with E-state index in [1.165, 1.54) is 0 Å². The third kappa shape index (κ3) is 3.68. The number of aliphatic carboxylic acids is 1. The van der Waals surface area contributed by atoms with Crippen molar-refractivity contribution in [2.75, 3.05) is 13.2 Å². The van der Waals surface area contributed by atoms with Crippen LogP contribution < -0.4 is 0 Å². The monoisotopic (exact) mass is 254 g/mol. The molecule has 0 aromatic carbocycles. The normalized spacial score (nSPS) is 25.2. The van der Waals surface area contributed by atoms with E-state index in [1.807, 2.05) is 6.08 Å². The molecule has 4 heteroatoms. The van der Waals surface area contributed by atoms with Crippen LogP contribution in [0.2, 0.25) is 0 Å². The highest BCUT2D eigenvalue weighted by Gasteiger charge is 2.26. The predicted octanol–water partition coefficient (Wildman–Crippen LogP) is 1.59. The molecule has 18 heavy (non-hydrogen) atoms. The van der Waals surface area contributed by atoms with Gasteiger partial charge in [-0.15, -0.1) is 0 Å². The van der Waals surface area contributed by atoms with E-state index in [0.29, 0.717) is 11.8 Å². The molecule has 2 atom stereocenters. The quantitative estimate of drug-likeness (QED) is 0.514. The van der Waals surface area contributed by atoms with Gasteiger partial charge in [0, 0.05) is 0 Å². The van der Waals surface area contributed by atoms with Crippen LogP contribution in [0.5, 0.6) is 0 Å². The van der Waals surface area contributed by atoms with E-state index in [9.17, 15) is 9.90 Å². The number of carbonyl (C=O) groups is 1. The Morgan fingerprint density at radius 3 is 2.61 bits per heavy atom. The molecule has 0 aromatic heterocycles. The molecule has 0 aliphatic heterocycles. The lowest BCUT2D eigenvalue weighted by atomic mass is 9.74. The summed E-state index contributed by atoms with van der Waals surface area (Å²) < 4.78 is 0. The molecular formula is C14H22O4. The molecule has 0 saturated carbocycles. The van der Waals surface area contributed by atoms with Gasteiger partial charge in [-0.1, -0.05) is 26.0 Å². The smallest absolute Gasteiger partial charge is 0.333 e. The summed E-state index contributed by atoms with van der Waals surface area (Å²) in [5.74, 6) is -0.290. The molecule has 102 valence electrons. The SMILES string of the molecule is CC(C)[C@H]1CCC(CO)=C[C@@H]1/C=C(\CO)C(=O)O. The standard InChI is InChI=1S/C14H22O4/c1-9(2)13-4-3-10(7-15)5-11(13)6-12(8-16)14(17)18/h5-6,9,11,13,15-16H,3-4,7-8H2,1-2H3,(H,17,18)/b12-6+/t11-,13-/m1/s1. The van der Waals surface area contributed by atoms with Gasteiger partial charge in [0.05, 0.1) is 18.8 Å². The summed E-state index contributed by atoms with van der Waals surface area (Å²) in [6.45, 7) is 3.79. The second-order valence-corrected chi connectivity index (χ2v) is 5.16. The number of aliphatic hydroxyl groups is 2. The van der Waals surface area contributed by atoms with Gasteiger partial charge >= 0.3 is 5.97 Å². The lowest BCUT2D eigenvalue weighted by Crippen LogP contribution is -2.23. The number of rotatable bonds is 5. The highest BCUT2D eigenvalue weighted by atomic mass is 16.4. The molecule has 1 aliphatic carbocycles. The Kier molecular flexibility index (Phi) is 5.56. The zero-order chi connectivity index (χ0) is 13.7. The van der Waals surface area contributed by atoms with Gasteiger partial charge < -0.3 is 15.3 Å². The first-order valence-electron chi connectivity index (χ1n) is 6.34. The maximum Gasteiger partial charge on any atom is 0.333 e. The van der Waals surface area contributed by atoms with Gasteiger partial charge in [0.25, 0.3) is 0 Å². The third-order valence-electron chi connectivity index (χ3n) is 3.62. The minimum absolute atomic E-state index is 0.0147. The van der Waals surface area contributed by atoms with Crippen LogP contribution in [0.1, 0.15) is 26.7 Å². The summed E-state index contributed by atoms with van der Waals surface area (Å²) >= 11 is 0. The molecule has 3 N–H and O–H groups in total. The maximum absolute atomic E-state index is 10.9. The highest BCUT2D eigenvalue weighted by molar-refractivity contribution is 5.86. The van der Waals surface area contributed by atoms with E-state index in [1.54, 1.807) is 6.08 Å². The fraction of sp³-hybridized carbons (Fsp3) is 0.643. The lowest BCUT2D eigenvalue weighted by molar-refractivity contribution is -0.133. The summed E-state index contributed by atoms with van der Waals surface area (Å²) in [5, 5.41) is 27.2. The second kappa shape index (κ2) is 6.71. The fourth-order valence-corrected chi connectivity index (χ4v) is 2.53. The molecule has 1 rings (SSSR count). The van der Waals surface area contributed by atoms with E-state index in [0.717, 1.165) is 18.4 Å². The summed E-state index contributed by atoms with van der Waals surface area (Å²) in [7, 11) is 0. The Morgan fingerprint density at radius 1 is 1.50 bits per heavy atom. The van der Waals surface area contributed by atoms with E-state index >= 15 is 0 Å². The van der Waals surface area contributed by atoms with Gasteiger partial charge in [-0.25, -0.2) is 4.79 Å². The Morgan fingerprint density at radius 2 is 2.17 bits per heavy atom. The van der Waals surface area contributed by atoms with Crippen LogP contribution in [-0.4, -0.2) is 34.5 Å². The summed E-state index contributed by atoms with van der Waals surface area (Å²) in [6, 6.07) is 0. The molecule has 0 heterocycles. The van der Waals surface area contributed by atoms with Crippen LogP contribution in [0, 0.1) is 17.8 Å². The highest BCUT2D eigenvalue weighted by Crippen LogP contribution is 2.35. The molecule has 4 nitrogen and oxygen atoms in total. The lowest BCUT2D eigenvalue weighted by Gasteiger charge is -2.31. The van der Waals surface area contributed by atoms with Crippen LogP contribution >= 0.6 is 0 Å². The van der Waals surface area contributed by atoms with Crippen molar-refractivity contribution in [2.45, 2.75) is 26.7 Å². The fourth-order valence-electron chi connectivity index (χ4n) is 2.53. The average molecular weight is 254 g/mol. The van der Waals surface area contributed by atoms with Crippen molar-refractivity contribution in [2.24, 2.45) is 17.8 Å². The number of hydrogen-bond acceptors (Lipinski definition) is 3. The molecule has 1 aliphatic rings. The van der Waals surface area contributed by atoms with Crippen molar-refractivity contribution >= 4 is 5.97 Å². The van der Waals surface area contributed by atoms with Crippen LogP contribution in [-0.2, 0) is 4.79 Å². The number of carboxylic acids is 1. The van der Waals surface area contributed by atoms with Crippen molar-refractivity contribution in [1.82, 2.24) is 0 Å². The Labute approximate surface area is 108 Å². The minimum Gasteiger partial charge on any atom is -0.478 e. The number of allylic oxidation sites excluding steroid dienone is 2. The molecule has 0 spiro atoms. The van der Waals surface area contributed by atoms with Gasteiger partial charge in [0.15, 0.2) is 0 Å². The molecule has 0 radical (unpaired) electrons. The van der Waals surface area contributed by atoms with E-state index < -0.39 is 12.6 Å². The van der Waals surface area contributed by atoms with Gasteiger partial charge in [-0.2, -0.15) is 0 Å². The van der Waals surface area contributed by atoms with Gasteiger partial charge in [-0.3, -0.25) is 0 Å². The zero-order valence-corrected chi connectivity index (χ0v) is 11.0. The van der Waals surface area contributed by atoms with Crippen molar-refractivity contribution in [3.63, 3.8) is 0 Å². The van der Waals surface area contributed by atoms with E-state index in [4.69, 9.17) is 10.2 Å². The average Bonchev–Trinajstić information content (AvgIpc) is 2.34. The Balaban J connectivity index is 3.01. The first kappa shape index (κ1) is 14.9. The van der Waals surface area contributed by atoms with Crippen molar-refractivity contribution < 1.29 is 20.1 Å². The number of carboxylic acid groups (broad SMARTS) is 1. The van der Waals surface area contributed by atoms with Gasteiger partial charge in [0.2, 0.25) is 0 Å². The van der Waals surface area contributed by atoms with Crippen molar-refractivity contribution in [1.29, 1.82) is 0 Å². The molecular weight excluding hydrogens is 232 g/mol. The van der Waals surface area contributed by atoms with Crippen LogP contribution in [0.4, 0.5) is 0 Å². The van der Waals surface area contributed by atoms with E-state index in [-0.39, 0.29) is 18.1 Å². The topological polar surface area (TPSA) is 77.8 Å². The maximum atomic E-state index is 10.9. The van der Waals surface area contributed by atoms with Gasteiger partial charge in [0.1, 0.15) is 0 Å². The number of hydrogen-bond donors (Lipinski definition) is 3. The van der Waals surface area contributed by atoms with Crippen molar-refractivity contribution in [3.8, 4) is 0 Å². The number of aliphatic hydroxyl groups excluding tert-OH is 2. The summed E-state index contributed by atoms with van der Waals surface area (Å²) in [6.07, 6.45) is 5.39. The molecule has 0 aromatic rings. The predicted molar refractivity (Wildman–Crippen MR) is 69.0 cm³/mol. The van der Waals surface area contributed by atoms with Crippen LogP contribution in [0.15, 0.2) is 23.3 Å². The molecule has 0 bridgehead atoms. The minimum atomic E-state index is -1.08. The third-order valence-corrected chi connectivity index (χ3v) is 3.62. The first-order valence-corrected chi connectivity index (χ1v) is 6.34. The summed E-state index contributed by atoms with van der Waals surface area (Å²) in [5.41, 5.74) is 0.983.